The van der Waals surface area contributed by atoms with Crippen LogP contribution in [0.2, 0.25) is 0 Å². The Morgan fingerprint density at radius 3 is 3.16 bits per heavy atom. The molecular weight excluding hydrogens is 356 g/mol. The first kappa shape index (κ1) is 17.9. The van der Waals surface area contributed by atoms with Gasteiger partial charge in [-0.3, -0.25) is 14.6 Å². The summed E-state index contributed by atoms with van der Waals surface area (Å²) in [5, 5.41) is 5.95. The molecule has 3 heterocycles. The lowest BCUT2D eigenvalue weighted by Crippen LogP contribution is -2.32. The molecule has 6 nitrogen and oxygen atoms in total. The molecule has 2 aromatic heterocycles. The lowest BCUT2D eigenvalue weighted by Gasteiger charge is -2.16. The van der Waals surface area contributed by atoms with Crippen molar-refractivity contribution in [1.82, 2.24) is 20.2 Å². The van der Waals surface area contributed by atoms with Crippen molar-refractivity contribution in [3.05, 3.63) is 46.2 Å². The smallest absolute Gasteiger partial charge is 0.225 e. The van der Waals surface area contributed by atoms with Gasteiger partial charge in [0.25, 0.3) is 0 Å². The summed E-state index contributed by atoms with van der Waals surface area (Å²) < 4.78 is 0. The number of likely N-dealkylation sites (tertiary alicyclic amines) is 1. The van der Waals surface area contributed by atoms with Crippen LogP contribution in [0.25, 0.3) is 0 Å². The Kier molecular flexibility index (Phi) is 6.04. The summed E-state index contributed by atoms with van der Waals surface area (Å²) >= 11 is 3.34. The number of thiazole rings is 1. The van der Waals surface area contributed by atoms with E-state index in [4.69, 9.17) is 0 Å². The molecular formula is C17H20N4O2S2. The van der Waals surface area contributed by atoms with Crippen LogP contribution in [0.5, 0.6) is 0 Å². The molecule has 1 aliphatic heterocycles. The summed E-state index contributed by atoms with van der Waals surface area (Å²) in [4.78, 5) is 34.8. The van der Waals surface area contributed by atoms with Crippen LogP contribution in [-0.2, 0) is 28.4 Å². The van der Waals surface area contributed by atoms with Crippen LogP contribution in [0.1, 0.15) is 22.7 Å². The predicted molar refractivity (Wildman–Crippen MR) is 98.9 cm³/mol. The van der Waals surface area contributed by atoms with Gasteiger partial charge in [-0.05, 0) is 17.9 Å². The average molecular weight is 377 g/mol. The van der Waals surface area contributed by atoms with Gasteiger partial charge in [0, 0.05) is 43.0 Å². The van der Waals surface area contributed by atoms with Crippen molar-refractivity contribution >= 4 is 34.9 Å². The lowest BCUT2D eigenvalue weighted by atomic mass is 10.1. The van der Waals surface area contributed by atoms with E-state index in [1.807, 2.05) is 23.8 Å². The van der Waals surface area contributed by atoms with Crippen molar-refractivity contribution in [2.24, 2.45) is 5.92 Å². The molecule has 0 unspecified atom stereocenters. The number of hydrogen-bond donors (Lipinski definition) is 1. The number of pyridine rings is 1. The van der Waals surface area contributed by atoms with Crippen molar-refractivity contribution in [1.29, 1.82) is 0 Å². The van der Waals surface area contributed by atoms with Crippen molar-refractivity contribution < 1.29 is 9.59 Å². The number of carbonyl (C=O) groups excluding carboxylic acids is 2. The van der Waals surface area contributed by atoms with E-state index in [-0.39, 0.29) is 24.2 Å². The second-order valence-corrected chi connectivity index (χ2v) is 7.73. The van der Waals surface area contributed by atoms with Crippen LogP contribution in [0.15, 0.2) is 29.9 Å². The molecule has 132 valence electrons. The average Bonchev–Trinajstić information content (AvgIpc) is 3.21. The lowest BCUT2D eigenvalue weighted by molar-refractivity contribution is -0.129. The topological polar surface area (TPSA) is 75.2 Å². The van der Waals surface area contributed by atoms with Crippen molar-refractivity contribution in [2.45, 2.75) is 25.3 Å². The van der Waals surface area contributed by atoms with Gasteiger partial charge < -0.3 is 10.2 Å². The first-order valence-corrected chi connectivity index (χ1v) is 10.3. The Labute approximate surface area is 155 Å². The van der Waals surface area contributed by atoms with Gasteiger partial charge in [0.2, 0.25) is 11.8 Å². The van der Waals surface area contributed by atoms with E-state index in [1.54, 1.807) is 40.4 Å². The normalized spacial score (nSPS) is 17.1. The molecule has 0 aliphatic carbocycles. The number of nitrogens with zero attached hydrogens (tertiary/aromatic N) is 3. The fourth-order valence-corrected chi connectivity index (χ4v) is 4.27. The largest absolute Gasteiger partial charge is 0.350 e. The maximum atomic E-state index is 12.4. The Morgan fingerprint density at radius 2 is 2.40 bits per heavy atom. The Morgan fingerprint density at radius 1 is 1.52 bits per heavy atom. The zero-order valence-electron chi connectivity index (χ0n) is 14.0. The quantitative estimate of drug-likeness (QED) is 0.801. The van der Waals surface area contributed by atoms with Crippen LogP contribution in [0, 0.1) is 5.92 Å². The number of aromatic nitrogens is 2. The highest BCUT2D eigenvalue weighted by Crippen LogP contribution is 2.20. The number of amides is 2. The number of rotatable bonds is 7. The van der Waals surface area contributed by atoms with E-state index >= 15 is 0 Å². The zero-order valence-corrected chi connectivity index (χ0v) is 15.6. The third kappa shape index (κ3) is 4.79. The van der Waals surface area contributed by atoms with Gasteiger partial charge in [-0.2, -0.15) is 11.8 Å². The predicted octanol–water partition coefficient (Wildman–Crippen LogP) is 2.07. The van der Waals surface area contributed by atoms with Crippen molar-refractivity contribution in [3.63, 3.8) is 0 Å². The summed E-state index contributed by atoms with van der Waals surface area (Å²) in [5.74, 6) is 0.522. The van der Waals surface area contributed by atoms with Gasteiger partial charge in [-0.1, -0.05) is 6.07 Å². The van der Waals surface area contributed by atoms with E-state index in [1.165, 1.54) is 0 Å². The number of nitrogens with one attached hydrogen (secondary N) is 1. The van der Waals surface area contributed by atoms with Crippen LogP contribution in [0.3, 0.4) is 0 Å². The van der Waals surface area contributed by atoms with E-state index in [0.717, 1.165) is 22.0 Å². The molecule has 1 fully saturated rings. The summed E-state index contributed by atoms with van der Waals surface area (Å²) in [6, 6.07) is 3.78. The van der Waals surface area contributed by atoms with Crippen molar-refractivity contribution in [2.75, 3.05) is 12.8 Å². The van der Waals surface area contributed by atoms with E-state index in [0.29, 0.717) is 19.6 Å². The molecule has 1 atom stereocenters. The maximum absolute atomic E-state index is 12.4. The van der Waals surface area contributed by atoms with Crippen LogP contribution in [-0.4, -0.2) is 39.5 Å². The molecule has 0 spiro atoms. The summed E-state index contributed by atoms with van der Waals surface area (Å²) in [6.07, 6.45) is 5.75. The zero-order chi connectivity index (χ0) is 17.6. The van der Waals surface area contributed by atoms with E-state index in [9.17, 15) is 9.59 Å². The van der Waals surface area contributed by atoms with Gasteiger partial charge in [-0.25, -0.2) is 4.98 Å². The first-order chi connectivity index (χ1) is 12.2. The van der Waals surface area contributed by atoms with Crippen LogP contribution >= 0.6 is 23.1 Å². The van der Waals surface area contributed by atoms with E-state index < -0.39 is 0 Å². The first-order valence-electron chi connectivity index (χ1n) is 8.02. The minimum Gasteiger partial charge on any atom is -0.350 e. The summed E-state index contributed by atoms with van der Waals surface area (Å²) in [5.41, 5.74) is 1.85. The van der Waals surface area contributed by atoms with Crippen LogP contribution in [0.4, 0.5) is 0 Å². The Balaban J connectivity index is 1.50. The maximum Gasteiger partial charge on any atom is 0.225 e. The number of hydrogen-bond acceptors (Lipinski definition) is 6. The minimum absolute atomic E-state index is 0.0138. The highest BCUT2D eigenvalue weighted by atomic mass is 32.2. The third-order valence-corrected chi connectivity index (χ3v) is 5.63. The molecule has 2 amide bonds. The monoisotopic (exact) mass is 376 g/mol. The van der Waals surface area contributed by atoms with Gasteiger partial charge in [0.15, 0.2) is 0 Å². The Hall–Kier alpha value is -1.93. The molecule has 1 N–H and O–H groups in total. The molecule has 0 aromatic carbocycles. The van der Waals surface area contributed by atoms with Gasteiger partial charge in [0.05, 0.1) is 18.2 Å². The molecule has 1 aliphatic rings. The number of thioether (sulfide) groups is 1. The van der Waals surface area contributed by atoms with Crippen LogP contribution < -0.4 is 5.32 Å². The highest BCUT2D eigenvalue weighted by Gasteiger charge is 2.34. The second kappa shape index (κ2) is 8.44. The van der Waals surface area contributed by atoms with Crippen molar-refractivity contribution in [3.8, 4) is 0 Å². The molecule has 2 aromatic rings. The summed E-state index contributed by atoms with van der Waals surface area (Å²) in [6.45, 7) is 1.37. The highest BCUT2D eigenvalue weighted by molar-refractivity contribution is 7.97. The Bertz CT molecular complexity index is 735. The molecule has 0 saturated carbocycles. The SMILES string of the molecule is CSCc1nc(CNC(=O)[C@@H]2CC(=O)N(Cc3cccnc3)C2)cs1. The number of carbonyl (C=O) groups is 2. The molecule has 0 bridgehead atoms. The molecule has 0 radical (unpaired) electrons. The standard InChI is InChI=1S/C17H20N4O2S2/c1-24-11-15-20-14(10-25-15)7-19-17(23)13-5-16(22)21(9-13)8-12-3-2-4-18-6-12/h2-4,6,10,13H,5,7-9,11H2,1H3,(H,19,23)/t13-/m1/s1. The molecule has 3 rings (SSSR count). The minimum atomic E-state index is -0.298. The summed E-state index contributed by atoms with van der Waals surface area (Å²) in [7, 11) is 0. The molecule has 8 heteroatoms. The molecule has 1 saturated heterocycles. The fraction of sp³-hybridized carbons (Fsp3) is 0.412. The third-order valence-electron chi connectivity index (χ3n) is 3.99. The molecule has 25 heavy (non-hydrogen) atoms. The van der Waals surface area contributed by atoms with Gasteiger partial charge in [0.1, 0.15) is 5.01 Å². The second-order valence-electron chi connectivity index (χ2n) is 5.92. The van der Waals surface area contributed by atoms with E-state index in [2.05, 4.69) is 15.3 Å². The van der Waals surface area contributed by atoms with Gasteiger partial charge in [-0.15, -0.1) is 11.3 Å². The fourth-order valence-electron chi connectivity index (χ4n) is 2.75. The van der Waals surface area contributed by atoms with Gasteiger partial charge >= 0.3 is 0 Å².